The lowest BCUT2D eigenvalue weighted by Gasteiger charge is -2.22. The van der Waals surface area contributed by atoms with Crippen LogP contribution in [-0.4, -0.2) is 48.8 Å². The Balaban J connectivity index is 1.38. The second-order valence-corrected chi connectivity index (χ2v) is 11.2. The number of carbonyl (C=O) groups excluding carboxylic acids is 2. The first-order chi connectivity index (χ1) is 16.7. The molecule has 0 bridgehead atoms. The normalized spacial score (nSPS) is 16.5. The zero-order chi connectivity index (χ0) is 25.2. The average Bonchev–Trinajstić information content (AvgIpc) is 3.73. The van der Waals surface area contributed by atoms with E-state index in [1.54, 1.807) is 24.3 Å². The molecule has 2 amide bonds. The van der Waals surface area contributed by atoms with Crippen LogP contribution in [0.5, 0.6) is 0 Å². The van der Waals surface area contributed by atoms with Gasteiger partial charge in [0.15, 0.2) is 0 Å². The summed E-state index contributed by atoms with van der Waals surface area (Å²) in [6, 6.07) is 11.8. The van der Waals surface area contributed by atoms with Gasteiger partial charge in [-0.25, -0.2) is 8.42 Å². The minimum atomic E-state index is -4.10. The molecular formula is C25H27ClN2O6S. The van der Waals surface area contributed by atoms with Gasteiger partial charge >= 0.3 is 5.97 Å². The number of hydrogen-bond acceptors (Lipinski definition) is 5. The molecule has 2 aliphatic carbocycles. The standard InChI is InChI=1S/C25H27ClN2O6S/c26-20-11-7-16(8-12-20)17-9-13-21(14-10-17)35(33,34)27-22(25(31)32)2-1-15-28(23(29)18-3-4-18)24(30)19-5-6-19/h7-14,18-19,22,27H,1-6,15H2,(H,31,32). The summed E-state index contributed by atoms with van der Waals surface area (Å²) in [5.74, 6) is -1.96. The van der Waals surface area contributed by atoms with Crippen LogP contribution in [0.25, 0.3) is 11.1 Å². The highest BCUT2D eigenvalue weighted by Gasteiger charge is 2.41. The molecule has 0 heterocycles. The van der Waals surface area contributed by atoms with Gasteiger partial charge in [0.05, 0.1) is 4.90 Å². The number of sulfonamides is 1. The highest BCUT2D eigenvalue weighted by Crippen LogP contribution is 2.35. The Bertz CT molecular complexity index is 1180. The van der Waals surface area contributed by atoms with Gasteiger partial charge in [-0.15, -0.1) is 0 Å². The fourth-order valence-corrected chi connectivity index (χ4v) is 5.19. The fourth-order valence-electron chi connectivity index (χ4n) is 3.84. The molecule has 0 spiro atoms. The molecule has 2 fully saturated rings. The van der Waals surface area contributed by atoms with E-state index in [1.165, 1.54) is 17.0 Å². The van der Waals surface area contributed by atoms with Crippen molar-refractivity contribution in [3.63, 3.8) is 0 Å². The zero-order valence-corrected chi connectivity index (χ0v) is 20.6. The molecule has 1 unspecified atom stereocenters. The molecule has 1 atom stereocenters. The maximum atomic E-state index is 12.8. The molecule has 2 N–H and O–H groups in total. The average molecular weight is 519 g/mol. The van der Waals surface area contributed by atoms with Crippen molar-refractivity contribution in [2.24, 2.45) is 11.8 Å². The molecule has 0 radical (unpaired) electrons. The highest BCUT2D eigenvalue weighted by molar-refractivity contribution is 7.89. The van der Waals surface area contributed by atoms with Crippen LogP contribution in [-0.2, 0) is 24.4 Å². The van der Waals surface area contributed by atoms with Crippen LogP contribution in [0.1, 0.15) is 38.5 Å². The summed E-state index contributed by atoms with van der Waals surface area (Å²) in [5.41, 5.74) is 1.65. The maximum absolute atomic E-state index is 12.8. The summed E-state index contributed by atoms with van der Waals surface area (Å²) < 4.78 is 27.9. The van der Waals surface area contributed by atoms with Gasteiger partial charge in [0, 0.05) is 23.4 Å². The first-order valence-electron chi connectivity index (χ1n) is 11.6. The second kappa shape index (κ2) is 10.5. The van der Waals surface area contributed by atoms with Gasteiger partial charge in [0.2, 0.25) is 21.8 Å². The van der Waals surface area contributed by atoms with E-state index in [4.69, 9.17) is 11.6 Å². The van der Waals surface area contributed by atoms with E-state index in [0.717, 1.165) is 36.8 Å². The second-order valence-electron chi connectivity index (χ2n) is 9.06. The van der Waals surface area contributed by atoms with Gasteiger partial charge in [0.25, 0.3) is 0 Å². The highest BCUT2D eigenvalue weighted by atomic mass is 35.5. The minimum absolute atomic E-state index is 0.0518. The number of hydrogen-bond donors (Lipinski definition) is 2. The van der Waals surface area contributed by atoms with Gasteiger partial charge in [-0.05, 0) is 73.9 Å². The van der Waals surface area contributed by atoms with Crippen molar-refractivity contribution >= 4 is 39.4 Å². The van der Waals surface area contributed by atoms with Crippen molar-refractivity contribution in [3.05, 3.63) is 53.6 Å². The van der Waals surface area contributed by atoms with Crippen molar-refractivity contribution in [2.45, 2.75) is 49.5 Å². The number of aliphatic carboxylic acids is 1. The van der Waals surface area contributed by atoms with Crippen molar-refractivity contribution in [3.8, 4) is 11.1 Å². The molecule has 35 heavy (non-hydrogen) atoms. The van der Waals surface area contributed by atoms with Gasteiger partial charge in [0.1, 0.15) is 6.04 Å². The summed E-state index contributed by atoms with van der Waals surface area (Å²) in [4.78, 5) is 38.0. The third-order valence-corrected chi connectivity index (χ3v) is 7.94. The summed E-state index contributed by atoms with van der Waals surface area (Å²) in [6.45, 7) is 0.0892. The van der Waals surface area contributed by atoms with E-state index < -0.39 is 22.0 Å². The van der Waals surface area contributed by atoms with Crippen LogP contribution >= 0.6 is 11.6 Å². The number of carboxylic acids is 1. The number of nitrogens with one attached hydrogen (secondary N) is 1. The van der Waals surface area contributed by atoms with Crippen molar-refractivity contribution in [2.75, 3.05) is 6.54 Å². The molecular weight excluding hydrogens is 492 g/mol. The van der Waals surface area contributed by atoms with E-state index in [1.807, 2.05) is 12.1 Å². The predicted molar refractivity (Wildman–Crippen MR) is 130 cm³/mol. The van der Waals surface area contributed by atoms with Crippen LogP contribution < -0.4 is 4.72 Å². The van der Waals surface area contributed by atoms with E-state index in [-0.39, 0.29) is 47.9 Å². The van der Waals surface area contributed by atoms with E-state index in [2.05, 4.69) is 4.72 Å². The van der Waals surface area contributed by atoms with Crippen molar-refractivity contribution in [1.82, 2.24) is 9.62 Å². The zero-order valence-electron chi connectivity index (χ0n) is 19.0. The summed E-state index contributed by atoms with van der Waals surface area (Å²) in [7, 11) is -4.10. The molecule has 2 aliphatic rings. The Labute approximate surface area is 209 Å². The number of halogens is 1. The molecule has 8 nitrogen and oxygen atoms in total. The molecule has 186 valence electrons. The van der Waals surface area contributed by atoms with Gasteiger partial charge in [-0.1, -0.05) is 35.9 Å². The van der Waals surface area contributed by atoms with E-state index >= 15 is 0 Å². The Morgan fingerprint density at radius 2 is 1.40 bits per heavy atom. The first kappa shape index (κ1) is 25.3. The van der Waals surface area contributed by atoms with Gasteiger partial charge in [-0.3, -0.25) is 19.3 Å². The largest absolute Gasteiger partial charge is 0.480 e. The van der Waals surface area contributed by atoms with Gasteiger partial charge < -0.3 is 5.11 Å². The monoisotopic (exact) mass is 518 g/mol. The van der Waals surface area contributed by atoms with Crippen LogP contribution in [0.15, 0.2) is 53.4 Å². The molecule has 0 aliphatic heterocycles. The Hall–Kier alpha value is -2.75. The molecule has 4 rings (SSSR count). The molecule has 2 saturated carbocycles. The summed E-state index contributed by atoms with van der Waals surface area (Å²) in [5, 5.41) is 10.2. The number of nitrogens with zero attached hydrogens (tertiary/aromatic N) is 1. The first-order valence-corrected chi connectivity index (χ1v) is 13.5. The topological polar surface area (TPSA) is 121 Å². The number of amides is 2. The van der Waals surface area contributed by atoms with Crippen LogP contribution in [0.2, 0.25) is 5.02 Å². The van der Waals surface area contributed by atoms with Gasteiger partial charge in [-0.2, -0.15) is 4.72 Å². The van der Waals surface area contributed by atoms with Crippen LogP contribution in [0.3, 0.4) is 0 Å². The Morgan fingerprint density at radius 1 is 0.914 bits per heavy atom. The number of carbonyl (C=O) groups is 3. The molecule has 2 aromatic rings. The maximum Gasteiger partial charge on any atom is 0.321 e. The molecule has 10 heteroatoms. The summed E-state index contributed by atoms with van der Waals surface area (Å²) in [6.07, 6.45) is 3.20. The Morgan fingerprint density at radius 3 is 1.86 bits per heavy atom. The lowest BCUT2D eigenvalue weighted by Crippen LogP contribution is -2.43. The third kappa shape index (κ3) is 6.48. The van der Waals surface area contributed by atoms with E-state index in [9.17, 15) is 27.9 Å². The molecule has 2 aromatic carbocycles. The number of imide groups is 1. The lowest BCUT2D eigenvalue weighted by molar-refractivity contribution is -0.146. The van der Waals surface area contributed by atoms with E-state index in [0.29, 0.717) is 5.02 Å². The Kier molecular flexibility index (Phi) is 7.59. The fraction of sp³-hybridized carbons (Fsp3) is 0.400. The number of carboxylic acid groups (broad SMARTS) is 1. The summed E-state index contributed by atoms with van der Waals surface area (Å²) >= 11 is 5.90. The molecule has 0 saturated heterocycles. The van der Waals surface area contributed by atoms with Crippen molar-refractivity contribution in [1.29, 1.82) is 0 Å². The predicted octanol–water partition coefficient (Wildman–Crippen LogP) is 3.69. The third-order valence-electron chi connectivity index (χ3n) is 6.20. The SMILES string of the molecule is O=C(O)C(CCCN(C(=O)C1CC1)C(=O)C1CC1)NS(=O)(=O)c1ccc(-c2ccc(Cl)cc2)cc1. The molecule has 0 aromatic heterocycles. The number of rotatable bonds is 11. The van der Waals surface area contributed by atoms with Crippen molar-refractivity contribution < 1.29 is 27.9 Å². The van der Waals surface area contributed by atoms with Crippen LogP contribution in [0.4, 0.5) is 0 Å². The van der Waals surface area contributed by atoms with Crippen LogP contribution in [0, 0.1) is 11.8 Å². The minimum Gasteiger partial charge on any atom is -0.480 e. The lowest BCUT2D eigenvalue weighted by atomic mass is 10.1. The smallest absolute Gasteiger partial charge is 0.321 e. The quantitative estimate of drug-likeness (QED) is 0.437. The number of benzene rings is 2.